The van der Waals surface area contributed by atoms with Crippen LogP contribution < -0.4 is 5.32 Å². The van der Waals surface area contributed by atoms with E-state index in [1.807, 2.05) is 30.3 Å². The highest BCUT2D eigenvalue weighted by molar-refractivity contribution is 5.88. The van der Waals surface area contributed by atoms with Crippen LogP contribution in [0.4, 0.5) is 0 Å². The first kappa shape index (κ1) is 24.5. The molecule has 0 aromatic heterocycles. The van der Waals surface area contributed by atoms with E-state index in [2.05, 4.69) is 5.32 Å². The second-order valence-corrected chi connectivity index (χ2v) is 6.33. The number of nitrogens with zero attached hydrogens (tertiary/aromatic N) is 1. The lowest BCUT2D eigenvalue weighted by Crippen LogP contribution is -2.53. The standard InChI is InChI=1S/C18H24N2O5.2H2O/c1-12(16(21)20-11-5-8-15(20)18(24)25)19-14(17(22)23)10-9-13-6-3-2-4-7-13;;/h2-4,6-7,12,14-15,19H,5,8-11H2,1H3,(H,22,23)(H,24,25);2*1H2. The molecule has 1 amide bonds. The van der Waals surface area contributed by atoms with Crippen molar-refractivity contribution in [2.24, 2.45) is 0 Å². The third-order valence-corrected chi connectivity index (χ3v) is 4.51. The zero-order chi connectivity index (χ0) is 18.4. The molecule has 1 heterocycles. The number of carboxylic acid groups (broad SMARTS) is 2. The van der Waals surface area contributed by atoms with E-state index in [-0.39, 0.29) is 16.9 Å². The van der Waals surface area contributed by atoms with Crippen molar-refractivity contribution in [3.63, 3.8) is 0 Å². The Kier molecular flexibility index (Phi) is 10.2. The molecule has 0 bridgehead atoms. The average molecular weight is 384 g/mol. The molecule has 3 atom stereocenters. The van der Waals surface area contributed by atoms with E-state index in [9.17, 15) is 24.6 Å². The van der Waals surface area contributed by atoms with Gasteiger partial charge in [0.05, 0.1) is 6.04 Å². The molecular formula is C18H28N2O7. The summed E-state index contributed by atoms with van der Waals surface area (Å²) < 4.78 is 0. The summed E-state index contributed by atoms with van der Waals surface area (Å²) in [6.45, 7) is 1.97. The van der Waals surface area contributed by atoms with Gasteiger partial charge in [-0.15, -0.1) is 0 Å². The van der Waals surface area contributed by atoms with Crippen molar-refractivity contribution in [1.29, 1.82) is 0 Å². The van der Waals surface area contributed by atoms with E-state index in [1.54, 1.807) is 6.92 Å². The van der Waals surface area contributed by atoms with Crippen LogP contribution in [0.2, 0.25) is 0 Å². The van der Waals surface area contributed by atoms with Gasteiger partial charge < -0.3 is 26.1 Å². The Hall–Kier alpha value is -2.49. The van der Waals surface area contributed by atoms with E-state index < -0.39 is 30.1 Å². The van der Waals surface area contributed by atoms with Crippen LogP contribution in [-0.4, -0.2) is 68.6 Å². The molecule has 7 N–H and O–H groups in total. The van der Waals surface area contributed by atoms with Crippen molar-refractivity contribution in [1.82, 2.24) is 10.2 Å². The number of nitrogens with one attached hydrogen (secondary N) is 1. The van der Waals surface area contributed by atoms with Crippen LogP contribution in [0.3, 0.4) is 0 Å². The van der Waals surface area contributed by atoms with Crippen molar-refractivity contribution >= 4 is 17.8 Å². The molecule has 1 aromatic carbocycles. The van der Waals surface area contributed by atoms with E-state index in [0.717, 1.165) is 5.56 Å². The van der Waals surface area contributed by atoms with Gasteiger partial charge in [-0.2, -0.15) is 0 Å². The second-order valence-electron chi connectivity index (χ2n) is 6.33. The minimum Gasteiger partial charge on any atom is -0.480 e. The predicted molar refractivity (Wildman–Crippen MR) is 98.4 cm³/mol. The van der Waals surface area contributed by atoms with E-state index >= 15 is 0 Å². The molecule has 1 saturated heterocycles. The SMILES string of the molecule is CC(NC(CCc1ccccc1)C(=O)O)C(=O)N1CCCC1C(=O)O.O.O. The number of amides is 1. The molecule has 1 aliphatic rings. The zero-order valence-corrected chi connectivity index (χ0v) is 15.2. The Morgan fingerprint density at radius 2 is 1.81 bits per heavy atom. The molecule has 1 aromatic rings. The van der Waals surface area contributed by atoms with Crippen LogP contribution in [0.1, 0.15) is 31.7 Å². The van der Waals surface area contributed by atoms with Gasteiger partial charge in [0.1, 0.15) is 12.1 Å². The third kappa shape index (κ3) is 6.63. The largest absolute Gasteiger partial charge is 0.480 e. The molecule has 1 aliphatic heterocycles. The van der Waals surface area contributed by atoms with Gasteiger partial charge in [-0.25, -0.2) is 4.79 Å². The molecular weight excluding hydrogens is 356 g/mol. The number of likely N-dealkylation sites (tertiary alicyclic amines) is 1. The Labute approximate surface area is 157 Å². The number of aliphatic carboxylic acids is 2. The van der Waals surface area contributed by atoms with E-state index in [4.69, 9.17) is 0 Å². The predicted octanol–water partition coefficient (Wildman–Crippen LogP) is -0.523. The van der Waals surface area contributed by atoms with Crippen LogP contribution in [0, 0.1) is 0 Å². The molecule has 27 heavy (non-hydrogen) atoms. The summed E-state index contributed by atoms with van der Waals surface area (Å²) in [6.07, 6.45) is 2.00. The summed E-state index contributed by atoms with van der Waals surface area (Å²) >= 11 is 0. The van der Waals surface area contributed by atoms with Crippen molar-refractivity contribution in [2.75, 3.05) is 6.54 Å². The first-order valence-electron chi connectivity index (χ1n) is 8.46. The van der Waals surface area contributed by atoms with Crippen LogP contribution in [0.25, 0.3) is 0 Å². The Morgan fingerprint density at radius 1 is 1.19 bits per heavy atom. The highest BCUT2D eigenvalue weighted by atomic mass is 16.4. The quantitative estimate of drug-likeness (QED) is 0.544. The van der Waals surface area contributed by atoms with E-state index in [1.165, 1.54) is 4.90 Å². The van der Waals surface area contributed by atoms with Gasteiger partial charge in [-0.1, -0.05) is 30.3 Å². The van der Waals surface area contributed by atoms with E-state index in [0.29, 0.717) is 32.2 Å². The van der Waals surface area contributed by atoms with Crippen LogP contribution in [0.15, 0.2) is 30.3 Å². The Bertz CT molecular complexity index is 623. The van der Waals surface area contributed by atoms with Crippen molar-refractivity contribution < 1.29 is 35.5 Å². The van der Waals surface area contributed by atoms with Gasteiger partial charge in [0.25, 0.3) is 0 Å². The summed E-state index contributed by atoms with van der Waals surface area (Å²) in [5, 5.41) is 21.4. The fourth-order valence-electron chi connectivity index (χ4n) is 3.14. The van der Waals surface area contributed by atoms with Crippen molar-refractivity contribution in [3.05, 3.63) is 35.9 Å². The number of rotatable bonds is 8. The lowest BCUT2D eigenvalue weighted by atomic mass is 10.0. The van der Waals surface area contributed by atoms with Crippen molar-refractivity contribution in [3.8, 4) is 0 Å². The summed E-state index contributed by atoms with van der Waals surface area (Å²) in [5.41, 5.74) is 1.03. The molecule has 1 fully saturated rings. The van der Waals surface area contributed by atoms with Crippen LogP contribution in [0.5, 0.6) is 0 Å². The van der Waals surface area contributed by atoms with Gasteiger partial charge in [-0.05, 0) is 38.2 Å². The van der Waals surface area contributed by atoms with Gasteiger partial charge in [0.2, 0.25) is 5.91 Å². The number of carboxylic acids is 2. The lowest BCUT2D eigenvalue weighted by Gasteiger charge is -2.27. The molecule has 0 aliphatic carbocycles. The van der Waals surface area contributed by atoms with Gasteiger partial charge in [0.15, 0.2) is 0 Å². The zero-order valence-electron chi connectivity index (χ0n) is 15.2. The first-order valence-corrected chi connectivity index (χ1v) is 8.46. The summed E-state index contributed by atoms with van der Waals surface area (Å²) in [4.78, 5) is 36.5. The normalized spacial score (nSPS) is 18.0. The third-order valence-electron chi connectivity index (χ3n) is 4.51. The molecule has 0 saturated carbocycles. The summed E-state index contributed by atoms with van der Waals surface area (Å²) in [6, 6.07) is 7.09. The highest BCUT2D eigenvalue weighted by Crippen LogP contribution is 2.18. The monoisotopic (exact) mass is 384 g/mol. The number of hydrogen-bond donors (Lipinski definition) is 3. The Balaban J connectivity index is 0.00000338. The van der Waals surface area contributed by atoms with Crippen LogP contribution >= 0.6 is 0 Å². The summed E-state index contributed by atoms with van der Waals surface area (Å²) in [7, 11) is 0. The number of carbonyl (C=O) groups is 3. The molecule has 9 heteroatoms. The van der Waals surface area contributed by atoms with Gasteiger partial charge in [0, 0.05) is 6.54 Å². The molecule has 0 spiro atoms. The number of aryl methyl sites for hydroxylation is 1. The minimum atomic E-state index is -1.02. The van der Waals surface area contributed by atoms with Crippen molar-refractivity contribution in [2.45, 2.75) is 50.7 Å². The fraction of sp³-hybridized carbons (Fsp3) is 0.500. The van der Waals surface area contributed by atoms with Gasteiger partial charge in [-0.3, -0.25) is 14.9 Å². The van der Waals surface area contributed by atoms with Crippen LogP contribution in [-0.2, 0) is 20.8 Å². The lowest BCUT2D eigenvalue weighted by molar-refractivity contribution is -0.149. The summed E-state index contributed by atoms with van der Waals surface area (Å²) in [5.74, 6) is -2.40. The molecule has 9 nitrogen and oxygen atoms in total. The van der Waals surface area contributed by atoms with Gasteiger partial charge >= 0.3 is 11.9 Å². The minimum absolute atomic E-state index is 0. The molecule has 2 rings (SSSR count). The number of hydrogen-bond acceptors (Lipinski definition) is 4. The average Bonchev–Trinajstić information content (AvgIpc) is 3.08. The number of benzene rings is 1. The first-order chi connectivity index (χ1) is 11.9. The molecule has 152 valence electrons. The maximum absolute atomic E-state index is 12.5. The molecule has 3 unspecified atom stereocenters. The maximum Gasteiger partial charge on any atom is 0.326 e. The Morgan fingerprint density at radius 3 is 2.37 bits per heavy atom. The smallest absolute Gasteiger partial charge is 0.326 e. The second kappa shape index (κ2) is 11.3. The highest BCUT2D eigenvalue weighted by Gasteiger charge is 2.36. The molecule has 0 radical (unpaired) electrons. The number of carbonyl (C=O) groups excluding carboxylic acids is 1. The maximum atomic E-state index is 12.5. The fourth-order valence-corrected chi connectivity index (χ4v) is 3.14. The topological polar surface area (TPSA) is 170 Å².